The smallest absolute Gasteiger partial charge is 0.121 e. The first-order valence-corrected chi connectivity index (χ1v) is 3.72. The molecule has 0 bridgehead atoms. The summed E-state index contributed by atoms with van der Waals surface area (Å²) in [6.07, 6.45) is 1.86. The van der Waals surface area contributed by atoms with Gasteiger partial charge < -0.3 is 15.5 Å². The molecule has 0 aliphatic heterocycles. The lowest BCUT2D eigenvalue weighted by Gasteiger charge is -2.01. The number of benzene rings is 1. The number of nitrogens with one attached hydrogen (secondary N) is 1. The maximum Gasteiger partial charge on any atom is 0.121 e. The zero-order valence-electron chi connectivity index (χ0n) is 6.79. The molecule has 0 saturated carbocycles. The molecule has 0 aliphatic rings. The van der Waals surface area contributed by atoms with Gasteiger partial charge in [0.15, 0.2) is 0 Å². The number of nitrogens with two attached hydrogens (primary N) is 1. The summed E-state index contributed by atoms with van der Waals surface area (Å²) in [5.41, 5.74) is 7.45. The van der Waals surface area contributed by atoms with E-state index in [-0.39, 0.29) is 0 Å². The van der Waals surface area contributed by atoms with E-state index in [4.69, 9.17) is 10.5 Å². The minimum absolute atomic E-state index is 0.717. The lowest BCUT2D eigenvalue weighted by Crippen LogP contribution is -1.89. The molecule has 0 atom stereocenters. The van der Waals surface area contributed by atoms with Gasteiger partial charge in [0.25, 0.3) is 0 Å². The van der Waals surface area contributed by atoms with E-state index in [2.05, 4.69) is 4.98 Å². The number of hydrogen-bond acceptors (Lipinski definition) is 2. The zero-order valence-corrected chi connectivity index (χ0v) is 6.79. The molecule has 0 unspecified atom stereocenters. The Morgan fingerprint density at radius 3 is 3.00 bits per heavy atom. The van der Waals surface area contributed by atoms with Gasteiger partial charge in [-0.3, -0.25) is 0 Å². The van der Waals surface area contributed by atoms with Crippen LogP contribution in [0, 0.1) is 0 Å². The van der Waals surface area contributed by atoms with E-state index >= 15 is 0 Å². The molecule has 0 aliphatic carbocycles. The largest absolute Gasteiger partial charge is 0.497 e. The van der Waals surface area contributed by atoms with Crippen LogP contribution in [0.1, 0.15) is 0 Å². The Bertz CT molecular complexity index is 406. The van der Waals surface area contributed by atoms with Crippen molar-refractivity contribution >= 4 is 16.6 Å². The quantitative estimate of drug-likeness (QED) is 0.628. The molecule has 12 heavy (non-hydrogen) atoms. The van der Waals surface area contributed by atoms with Crippen molar-refractivity contribution in [3.8, 4) is 5.75 Å². The summed E-state index contributed by atoms with van der Waals surface area (Å²) in [7, 11) is 1.63. The topological polar surface area (TPSA) is 51.0 Å². The molecule has 0 radical (unpaired) electrons. The number of aromatic nitrogens is 1. The molecule has 0 spiro atoms. The normalized spacial score (nSPS) is 10.4. The highest BCUT2D eigenvalue weighted by Gasteiger charge is 2.01. The van der Waals surface area contributed by atoms with Gasteiger partial charge in [0.1, 0.15) is 5.75 Å². The molecule has 0 saturated heterocycles. The lowest BCUT2D eigenvalue weighted by atomic mass is 10.2. The van der Waals surface area contributed by atoms with Crippen LogP contribution < -0.4 is 10.5 Å². The van der Waals surface area contributed by atoms with Crippen molar-refractivity contribution in [2.24, 2.45) is 0 Å². The van der Waals surface area contributed by atoms with Gasteiger partial charge in [0.2, 0.25) is 0 Å². The maximum absolute atomic E-state index is 5.77. The molecule has 1 aromatic carbocycles. The Morgan fingerprint density at radius 2 is 2.25 bits per heavy atom. The zero-order chi connectivity index (χ0) is 8.55. The highest BCUT2D eigenvalue weighted by Crippen LogP contribution is 2.25. The first-order valence-electron chi connectivity index (χ1n) is 3.72. The fourth-order valence-corrected chi connectivity index (χ4v) is 1.29. The van der Waals surface area contributed by atoms with Crippen LogP contribution in [0.5, 0.6) is 5.75 Å². The number of H-pyrrole nitrogens is 1. The summed E-state index contributed by atoms with van der Waals surface area (Å²) in [5, 5.41) is 1.08. The Labute approximate surface area is 70.1 Å². The van der Waals surface area contributed by atoms with E-state index in [1.165, 1.54) is 0 Å². The SMILES string of the molecule is COc1cc(N)c2[nH]ccc2c1. The van der Waals surface area contributed by atoms with Crippen molar-refractivity contribution in [2.75, 3.05) is 12.8 Å². The maximum atomic E-state index is 5.77. The van der Waals surface area contributed by atoms with Crippen LogP contribution in [-0.4, -0.2) is 12.1 Å². The second kappa shape index (κ2) is 2.44. The summed E-state index contributed by atoms with van der Waals surface area (Å²) in [6.45, 7) is 0. The van der Waals surface area contributed by atoms with Gasteiger partial charge in [-0.25, -0.2) is 0 Å². The second-order valence-electron chi connectivity index (χ2n) is 2.66. The molecular formula is C9H10N2O. The van der Waals surface area contributed by atoms with E-state index in [0.29, 0.717) is 5.69 Å². The van der Waals surface area contributed by atoms with Crippen molar-refractivity contribution in [3.63, 3.8) is 0 Å². The highest BCUT2D eigenvalue weighted by molar-refractivity contribution is 5.91. The van der Waals surface area contributed by atoms with E-state index in [0.717, 1.165) is 16.7 Å². The number of rotatable bonds is 1. The first kappa shape index (κ1) is 7.03. The minimum Gasteiger partial charge on any atom is -0.497 e. The third-order valence-electron chi connectivity index (χ3n) is 1.90. The lowest BCUT2D eigenvalue weighted by molar-refractivity contribution is 0.415. The summed E-state index contributed by atoms with van der Waals surface area (Å²) >= 11 is 0. The molecule has 1 aromatic heterocycles. The molecule has 3 N–H and O–H groups in total. The number of hydrogen-bond donors (Lipinski definition) is 2. The van der Waals surface area contributed by atoms with Crippen LogP contribution in [0.3, 0.4) is 0 Å². The Hall–Kier alpha value is -1.64. The molecule has 2 aromatic rings. The minimum atomic E-state index is 0.717. The van der Waals surface area contributed by atoms with Crippen LogP contribution >= 0.6 is 0 Å². The Balaban J connectivity index is 2.75. The van der Waals surface area contributed by atoms with Gasteiger partial charge >= 0.3 is 0 Å². The predicted octanol–water partition coefficient (Wildman–Crippen LogP) is 1.76. The van der Waals surface area contributed by atoms with Crippen LogP contribution in [0.4, 0.5) is 5.69 Å². The molecule has 0 fully saturated rings. The summed E-state index contributed by atoms with van der Waals surface area (Å²) < 4.78 is 5.08. The molecule has 2 rings (SSSR count). The molecule has 62 valence electrons. The summed E-state index contributed by atoms with van der Waals surface area (Å²) in [6, 6.07) is 5.72. The fourth-order valence-electron chi connectivity index (χ4n) is 1.29. The van der Waals surface area contributed by atoms with Gasteiger partial charge in [0, 0.05) is 17.6 Å². The van der Waals surface area contributed by atoms with Gasteiger partial charge in [0.05, 0.1) is 18.3 Å². The predicted molar refractivity (Wildman–Crippen MR) is 49.3 cm³/mol. The van der Waals surface area contributed by atoms with Gasteiger partial charge in [-0.1, -0.05) is 0 Å². The van der Waals surface area contributed by atoms with E-state index in [1.54, 1.807) is 13.2 Å². The number of fused-ring (bicyclic) bond motifs is 1. The average Bonchev–Trinajstić information content (AvgIpc) is 2.52. The Kier molecular flexibility index (Phi) is 1.43. The standard InChI is InChI=1S/C9H10N2O/c1-12-7-4-6-2-3-11-9(6)8(10)5-7/h2-5,11H,10H2,1H3. The molecular weight excluding hydrogens is 152 g/mol. The average molecular weight is 162 g/mol. The third-order valence-corrected chi connectivity index (χ3v) is 1.90. The van der Waals surface area contributed by atoms with Crippen molar-refractivity contribution < 1.29 is 4.74 Å². The fraction of sp³-hybridized carbons (Fsp3) is 0.111. The molecule has 3 heteroatoms. The third kappa shape index (κ3) is 0.906. The van der Waals surface area contributed by atoms with Crippen LogP contribution in [-0.2, 0) is 0 Å². The van der Waals surface area contributed by atoms with Gasteiger partial charge in [-0.05, 0) is 12.1 Å². The van der Waals surface area contributed by atoms with E-state index < -0.39 is 0 Å². The second-order valence-corrected chi connectivity index (χ2v) is 2.66. The summed E-state index contributed by atoms with van der Waals surface area (Å²) in [5.74, 6) is 0.791. The van der Waals surface area contributed by atoms with E-state index in [9.17, 15) is 0 Å². The Morgan fingerprint density at radius 1 is 1.42 bits per heavy atom. The van der Waals surface area contributed by atoms with Crippen molar-refractivity contribution in [3.05, 3.63) is 24.4 Å². The number of anilines is 1. The summed E-state index contributed by atoms with van der Waals surface area (Å²) in [4.78, 5) is 3.06. The van der Waals surface area contributed by atoms with Crippen molar-refractivity contribution in [1.29, 1.82) is 0 Å². The molecule has 0 amide bonds. The molecule has 1 heterocycles. The van der Waals surface area contributed by atoms with Crippen LogP contribution in [0.15, 0.2) is 24.4 Å². The van der Waals surface area contributed by atoms with Gasteiger partial charge in [-0.2, -0.15) is 0 Å². The molecule has 3 nitrogen and oxygen atoms in total. The van der Waals surface area contributed by atoms with Crippen molar-refractivity contribution in [1.82, 2.24) is 4.98 Å². The number of methoxy groups -OCH3 is 1. The number of nitrogen functional groups attached to an aromatic ring is 1. The monoisotopic (exact) mass is 162 g/mol. The van der Waals surface area contributed by atoms with Crippen molar-refractivity contribution in [2.45, 2.75) is 0 Å². The highest BCUT2D eigenvalue weighted by atomic mass is 16.5. The van der Waals surface area contributed by atoms with Crippen LogP contribution in [0.25, 0.3) is 10.9 Å². The number of aromatic amines is 1. The number of ether oxygens (including phenoxy) is 1. The van der Waals surface area contributed by atoms with Crippen LogP contribution in [0.2, 0.25) is 0 Å². The first-order chi connectivity index (χ1) is 5.81. The van der Waals surface area contributed by atoms with E-state index in [1.807, 2.05) is 18.3 Å². The van der Waals surface area contributed by atoms with Gasteiger partial charge in [-0.15, -0.1) is 0 Å².